The van der Waals surface area contributed by atoms with E-state index < -0.39 is 0 Å². The third kappa shape index (κ3) is 3.44. The van der Waals surface area contributed by atoms with Gasteiger partial charge in [-0.2, -0.15) is 0 Å². The number of para-hydroxylation sites is 1. The van der Waals surface area contributed by atoms with Gasteiger partial charge in [-0.25, -0.2) is 4.98 Å². The number of carbonyl (C=O) groups is 1. The second kappa shape index (κ2) is 7.25. The first-order chi connectivity index (χ1) is 13.2. The van der Waals surface area contributed by atoms with E-state index in [1.165, 1.54) is 0 Å². The molecule has 0 unspecified atom stereocenters. The molecule has 1 amide bonds. The molecule has 0 radical (unpaired) electrons. The standard InChI is InChI=1S/C21H19N3O2S/c1-24(21-23-20-17(26-2)11-6-12-18(20)27-21)13-19(25)22-16-10-5-8-14-7-3-4-9-15(14)16/h3-12H,13H2,1-2H3,(H,22,25). The smallest absolute Gasteiger partial charge is 0.243 e. The Balaban J connectivity index is 1.52. The number of aromatic nitrogens is 1. The maximum atomic E-state index is 12.6. The van der Waals surface area contributed by atoms with Crippen LogP contribution in [0.25, 0.3) is 21.0 Å². The van der Waals surface area contributed by atoms with Gasteiger partial charge in [0.05, 0.1) is 18.4 Å². The molecular weight excluding hydrogens is 358 g/mol. The number of thiazole rings is 1. The minimum Gasteiger partial charge on any atom is -0.494 e. The number of ether oxygens (including phenoxy) is 1. The zero-order chi connectivity index (χ0) is 18.8. The molecule has 4 aromatic rings. The molecule has 0 aliphatic heterocycles. The lowest BCUT2D eigenvalue weighted by Crippen LogP contribution is -2.30. The highest BCUT2D eigenvalue weighted by molar-refractivity contribution is 7.22. The molecule has 1 aromatic heterocycles. The van der Waals surface area contributed by atoms with Crippen LogP contribution in [-0.4, -0.2) is 31.6 Å². The number of rotatable bonds is 5. The van der Waals surface area contributed by atoms with Gasteiger partial charge in [-0.15, -0.1) is 0 Å². The summed E-state index contributed by atoms with van der Waals surface area (Å²) in [5.41, 5.74) is 1.64. The predicted octanol–water partition coefficient (Wildman–Crippen LogP) is 4.53. The number of hydrogen-bond acceptors (Lipinski definition) is 5. The minimum absolute atomic E-state index is 0.0833. The van der Waals surface area contributed by atoms with E-state index in [1.54, 1.807) is 18.4 Å². The summed E-state index contributed by atoms with van der Waals surface area (Å²) in [6, 6.07) is 19.7. The molecular formula is C21H19N3O2S. The Labute approximate surface area is 161 Å². The van der Waals surface area contributed by atoms with Crippen LogP contribution in [0.15, 0.2) is 60.7 Å². The van der Waals surface area contributed by atoms with Crippen molar-refractivity contribution < 1.29 is 9.53 Å². The maximum Gasteiger partial charge on any atom is 0.243 e. The number of likely N-dealkylation sites (N-methyl/N-ethyl adjacent to an activating group) is 1. The Morgan fingerprint density at radius 3 is 2.74 bits per heavy atom. The normalized spacial score (nSPS) is 10.9. The zero-order valence-electron chi connectivity index (χ0n) is 15.1. The van der Waals surface area contributed by atoms with Gasteiger partial charge in [0, 0.05) is 18.1 Å². The molecule has 5 nitrogen and oxygen atoms in total. The molecule has 1 heterocycles. The van der Waals surface area contributed by atoms with Crippen molar-refractivity contribution in [2.45, 2.75) is 0 Å². The van der Waals surface area contributed by atoms with Crippen molar-refractivity contribution in [3.05, 3.63) is 60.7 Å². The van der Waals surface area contributed by atoms with Crippen molar-refractivity contribution >= 4 is 49.1 Å². The SMILES string of the molecule is COc1cccc2sc(N(C)CC(=O)Nc3cccc4ccccc34)nc12. The fourth-order valence-corrected chi connectivity index (χ4v) is 3.99. The third-order valence-electron chi connectivity index (χ3n) is 4.36. The zero-order valence-corrected chi connectivity index (χ0v) is 15.9. The topological polar surface area (TPSA) is 54.5 Å². The van der Waals surface area contributed by atoms with E-state index in [-0.39, 0.29) is 12.5 Å². The Morgan fingerprint density at radius 2 is 1.89 bits per heavy atom. The highest BCUT2D eigenvalue weighted by Gasteiger charge is 2.15. The molecule has 0 aliphatic carbocycles. The van der Waals surface area contributed by atoms with Crippen molar-refractivity contribution in [3.8, 4) is 5.75 Å². The monoisotopic (exact) mass is 377 g/mol. The number of amides is 1. The van der Waals surface area contributed by atoms with E-state index in [4.69, 9.17) is 4.74 Å². The highest BCUT2D eigenvalue weighted by atomic mass is 32.1. The molecule has 27 heavy (non-hydrogen) atoms. The summed E-state index contributed by atoms with van der Waals surface area (Å²) in [6.45, 7) is 0.214. The van der Waals surface area contributed by atoms with Crippen LogP contribution in [0, 0.1) is 0 Å². The fraction of sp³-hybridized carbons (Fsp3) is 0.143. The van der Waals surface area contributed by atoms with Crippen LogP contribution in [0.3, 0.4) is 0 Å². The summed E-state index contributed by atoms with van der Waals surface area (Å²) < 4.78 is 6.40. The number of nitrogens with zero attached hydrogens (tertiary/aromatic N) is 2. The first kappa shape index (κ1) is 17.3. The van der Waals surface area contributed by atoms with Crippen molar-refractivity contribution in [3.63, 3.8) is 0 Å². The number of benzene rings is 3. The summed E-state index contributed by atoms with van der Waals surface area (Å²) in [4.78, 5) is 19.1. The van der Waals surface area contributed by atoms with E-state index in [9.17, 15) is 4.79 Å². The van der Waals surface area contributed by atoms with Crippen LogP contribution >= 0.6 is 11.3 Å². The molecule has 0 saturated carbocycles. The lowest BCUT2D eigenvalue weighted by molar-refractivity contribution is -0.114. The largest absolute Gasteiger partial charge is 0.494 e. The van der Waals surface area contributed by atoms with Gasteiger partial charge in [-0.05, 0) is 23.6 Å². The molecule has 0 saturated heterocycles. The number of hydrogen-bond donors (Lipinski definition) is 1. The van der Waals surface area contributed by atoms with E-state index in [1.807, 2.05) is 72.6 Å². The highest BCUT2D eigenvalue weighted by Crippen LogP contribution is 2.33. The number of carbonyl (C=O) groups excluding carboxylic acids is 1. The van der Waals surface area contributed by atoms with Gasteiger partial charge in [-0.3, -0.25) is 4.79 Å². The van der Waals surface area contributed by atoms with E-state index in [0.717, 1.165) is 37.6 Å². The lowest BCUT2D eigenvalue weighted by Gasteiger charge is -2.16. The van der Waals surface area contributed by atoms with Crippen LogP contribution in [-0.2, 0) is 4.79 Å². The summed E-state index contributed by atoms with van der Waals surface area (Å²) >= 11 is 1.54. The molecule has 4 rings (SSSR count). The average molecular weight is 377 g/mol. The van der Waals surface area contributed by atoms with E-state index in [0.29, 0.717) is 0 Å². The molecule has 0 bridgehead atoms. The van der Waals surface area contributed by atoms with Crippen LogP contribution in [0.5, 0.6) is 5.75 Å². The summed E-state index contributed by atoms with van der Waals surface area (Å²) in [7, 11) is 3.50. The summed E-state index contributed by atoms with van der Waals surface area (Å²) in [5.74, 6) is 0.656. The van der Waals surface area contributed by atoms with Crippen molar-refractivity contribution in [1.82, 2.24) is 4.98 Å². The van der Waals surface area contributed by atoms with Gasteiger partial charge in [0.2, 0.25) is 5.91 Å². The third-order valence-corrected chi connectivity index (χ3v) is 5.50. The second-order valence-electron chi connectivity index (χ2n) is 6.23. The van der Waals surface area contributed by atoms with E-state index in [2.05, 4.69) is 10.3 Å². The van der Waals surface area contributed by atoms with Crippen LogP contribution in [0.4, 0.5) is 10.8 Å². The molecule has 136 valence electrons. The molecule has 0 aliphatic rings. The maximum absolute atomic E-state index is 12.6. The van der Waals surface area contributed by atoms with Crippen LogP contribution < -0.4 is 15.0 Å². The van der Waals surface area contributed by atoms with Crippen molar-refractivity contribution in [1.29, 1.82) is 0 Å². The molecule has 0 spiro atoms. The molecule has 1 N–H and O–H groups in total. The average Bonchev–Trinajstić information content (AvgIpc) is 3.13. The van der Waals surface area contributed by atoms with Gasteiger partial charge >= 0.3 is 0 Å². The first-order valence-electron chi connectivity index (χ1n) is 8.58. The van der Waals surface area contributed by atoms with Crippen LogP contribution in [0.2, 0.25) is 0 Å². The number of anilines is 2. The molecule has 0 fully saturated rings. The van der Waals surface area contributed by atoms with Gasteiger partial charge in [0.15, 0.2) is 5.13 Å². The van der Waals surface area contributed by atoms with Gasteiger partial charge in [-0.1, -0.05) is 53.8 Å². The number of methoxy groups -OCH3 is 1. The van der Waals surface area contributed by atoms with Crippen molar-refractivity contribution in [2.75, 3.05) is 30.9 Å². The predicted molar refractivity (Wildman–Crippen MR) is 112 cm³/mol. The van der Waals surface area contributed by atoms with Crippen LogP contribution in [0.1, 0.15) is 0 Å². The Hall–Kier alpha value is -3.12. The van der Waals surface area contributed by atoms with Gasteiger partial charge in [0.1, 0.15) is 11.3 Å². The summed E-state index contributed by atoms with van der Waals surface area (Å²) in [5, 5.41) is 5.92. The Bertz CT molecular complexity index is 1120. The Kier molecular flexibility index (Phi) is 4.64. The minimum atomic E-state index is -0.0833. The molecule has 6 heteroatoms. The van der Waals surface area contributed by atoms with Gasteiger partial charge < -0.3 is 15.0 Å². The second-order valence-corrected chi connectivity index (χ2v) is 7.24. The number of nitrogens with one attached hydrogen (secondary N) is 1. The number of fused-ring (bicyclic) bond motifs is 2. The Morgan fingerprint density at radius 1 is 1.11 bits per heavy atom. The quantitative estimate of drug-likeness (QED) is 0.555. The fourth-order valence-electron chi connectivity index (χ4n) is 3.05. The van der Waals surface area contributed by atoms with Crippen molar-refractivity contribution in [2.24, 2.45) is 0 Å². The lowest BCUT2D eigenvalue weighted by atomic mass is 10.1. The van der Waals surface area contributed by atoms with Gasteiger partial charge in [0.25, 0.3) is 0 Å². The summed E-state index contributed by atoms with van der Waals surface area (Å²) in [6.07, 6.45) is 0. The van der Waals surface area contributed by atoms with E-state index >= 15 is 0 Å². The first-order valence-corrected chi connectivity index (χ1v) is 9.39. The molecule has 3 aromatic carbocycles. The molecule has 0 atom stereocenters.